The van der Waals surface area contributed by atoms with Gasteiger partial charge in [-0.3, -0.25) is 4.79 Å². The first-order chi connectivity index (χ1) is 8.48. The van der Waals surface area contributed by atoms with Crippen LogP contribution in [0.2, 0.25) is 5.02 Å². The van der Waals surface area contributed by atoms with Crippen LogP contribution < -0.4 is 5.32 Å². The van der Waals surface area contributed by atoms with E-state index in [1.165, 1.54) is 12.1 Å². The number of benzene rings is 1. The van der Waals surface area contributed by atoms with E-state index in [1.807, 2.05) is 0 Å². The van der Waals surface area contributed by atoms with Crippen LogP contribution >= 0.6 is 11.6 Å². The lowest BCUT2D eigenvalue weighted by molar-refractivity contribution is 0.0375. The maximum atomic E-state index is 11.9. The maximum Gasteiger partial charge on any atom is 0.253 e. The van der Waals surface area contributed by atoms with Crippen LogP contribution in [-0.4, -0.2) is 51.7 Å². The predicted molar refractivity (Wildman–Crippen MR) is 64.6 cm³/mol. The number of amides is 1. The zero-order chi connectivity index (χ0) is 13.8. The highest BCUT2D eigenvalue weighted by atomic mass is 35.5. The van der Waals surface area contributed by atoms with Crippen molar-refractivity contribution in [1.29, 1.82) is 0 Å². The van der Waals surface area contributed by atoms with Crippen LogP contribution in [0.5, 0.6) is 5.75 Å². The first-order valence-electron chi connectivity index (χ1n) is 5.11. The number of phenols is 1. The topological polar surface area (TPSA) is 110 Å². The highest BCUT2D eigenvalue weighted by Gasteiger charge is 2.30. The Hall–Kier alpha value is -1.34. The second kappa shape index (κ2) is 6.01. The van der Waals surface area contributed by atoms with E-state index in [0.717, 1.165) is 6.07 Å². The molecule has 0 spiro atoms. The Labute approximate surface area is 108 Å². The molecule has 0 aliphatic rings. The molecule has 100 valence electrons. The minimum Gasteiger partial charge on any atom is -0.508 e. The lowest BCUT2D eigenvalue weighted by atomic mass is 10.0. The number of halogens is 1. The number of phenolic OH excluding ortho intramolecular Hbond substituents is 1. The van der Waals surface area contributed by atoms with E-state index in [0.29, 0.717) is 0 Å². The summed E-state index contributed by atoms with van der Waals surface area (Å²) in [6.45, 7) is -1.91. The van der Waals surface area contributed by atoms with E-state index in [1.54, 1.807) is 0 Å². The van der Waals surface area contributed by atoms with Gasteiger partial charge in [-0.1, -0.05) is 11.6 Å². The SMILES string of the molecule is O=C(NC(CO)(CO)CO)c1cc(O)ccc1Cl. The molecule has 0 aromatic heterocycles. The average Bonchev–Trinajstić information content (AvgIpc) is 2.38. The molecule has 0 unspecified atom stereocenters. The minimum absolute atomic E-state index is 0.0172. The van der Waals surface area contributed by atoms with Crippen molar-refractivity contribution in [2.45, 2.75) is 5.54 Å². The standard InChI is InChI=1S/C11H14ClNO5/c12-9-2-1-7(17)3-8(9)10(18)13-11(4-14,5-15)6-16/h1-3,14-17H,4-6H2,(H,13,18). The Kier molecular flexibility index (Phi) is 4.92. The van der Waals surface area contributed by atoms with Gasteiger partial charge in [0.15, 0.2) is 0 Å². The molecule has 0 saturated carbocycles. The third kappa shape index (κ3) is 3.11. The van der Waals surface area contributed by atoms with Gasteiger partial charge >= 0.3 is 0 Å². The predicted octanol–water partition coefficient (Wildman–Crippen LogP) is -0.509. The maximum absolute atomic E-state index is 11.9. The van der Waals surface area contributed by atoms with Gasteiger partial charge in [0.25, 0.3) is 5.91 Å². The third-order valence-corrected chi connectivity index (χ3v) is 2.81. The van der Waals surface area contributed by atoms with E-state index in [-0.39, 0.29) is 16.3 Å². The molecular weight excluding hydrogens is 262 g/mol. The van der Waals surface area contributed by atoms with Gasteiger partial charge in [0.05, 0.1) is 30.4 Å². The van der Waals surface area contributed by atoms with Gasteiger partial charge in [-0.2, -0.15) is 0 Å². The lowest BCUT2D eigenvalue weighted by Gasteiger charge is -2.28. The van der Waals surface area contributed by atoms with Crippen LogP contribution in [0.15, 0.2) is 18.2 Å². The third-order valence-electron chi connectivity index (χ3n) is 2.48. The van der Waals surface area contributed by atoms with E-state index < -0.39 is 31.3 Å². The number of nitrogens with one attached hydrogen (secondary N) is 1. The van der Waals surface area contributed by atoms with Gasteiger partial charge in [0, 0.05) is 0 Å². The van der Waals surface area contributed by atoms with Gasteiger partial charge in [0.2, 0.25) is 0 Å². The van der Waals surface area contributed by atoms with Crippen molar-refractivity contribution in [3.8, 4) is 5.75 Å². The Morgan fingerprint density at radius 1 is 1.22 bits per heavy atom. The lowest BCUT2D eigenvalue weighted by Crippen LogP contribution is -2.57. The number of aliphatic hydroxyl groups excluding tert-OH is 3. The van der Waals surface area contributed by atoms with Crippen molar-refractivity contribution in [2.75, 3.05) is 19.8 Å². The molecule has 6 nitrogen and oxygen atoms in total. The number of rotatable bonds is 5. The molecule has 1 aromatic carbocycles. The number of carbonyl (C=O) groups excluding carboxylic acids is 1. The molecule has 1 aromatic rings. The summed E-state index contributed by atoms with van der Waals surface area (Å²) in [6.07, 6.45) is 0. The average molecular weight is 276 g/mol. The zero-order valence-corrected chi connectivity index (χ0v) is 10.2. The van der Waals surface area contributed by atoms with Crippen molar-refractivity contribution in [1.82, 2.24) is 5.32 Å². The summed E-state index contributed by atoms with van der Waals surface area (Å²) < 4.78 is 0. The van der Waals surface area contributed by atoms with Crippen molar-refractivity contribution in [3.63, 3.8) is 0 Å². The van der Waals surface area contributed by atoms with E-state index >= 15 is 0 Å². The summed E-state index contributed by atoms with van der Waals surface area (Å²) in [7, 11) is 0. The smallest absolute Gasteiger partial charge is 0.253 e. The second-order valence-corrected chi connectivity index (χ2v) is 4.28. The zero-order valence-electron chi connectivity index (χ0n) is 9.43. The fourth-order valence-electron chi connectivity index (χ4n) is 1.26. The van der Waals surface area contributed by atoms with E-state index in [9.17, 15) is 9.90 Å². The number of aliphatic hydroxyl groups is 3. The summed E-state index contributed by atoms with van der Waals surface area (Å²) >= 11 is 5.79. The molecule has 0 aliphatic heterocycles. The summed E-state index contributed by atoms with van der Waals surface area (Å²) in [4.78, 5) is 11.9. The molecule has 0 bridgehead atoms. The highest BCUT2D eigenvalue weighted by molar-refractivity contribution is 6.33. The van der Waals surface area contributed by atoms with Crippen molar-refractivity contribution < 1.29 is 25.2 Å². The monoisotopic (exact) mass is 275 g/mol. The van der Waals surface area contributed by atoms with Crippen LogP contribution in [-0.2, 0) is 0 Å². The molecule has 0 atom stereocenters. The van der Waals surface area contributed by atoms with E-state index in [2.05, 4.69) is 5.32 Å². The van der Waals surface area contributed by atoms with Crippen molar-refractivity contribution >= 4 is 17.5 Å². The van der Waals surface area contributed by atoms with Gasteiger partial charge < -0.3 is 25.7 Å². The fraction of sp³-hybridized carbons (Fsp3) is 0.364. The summed E-state index contributed by atoms with van der Waals surface area (Å²) in [6, 6.07) is 3.80. The quantitative estimate of drug-likeness (QED) is 0.497. The number of hydrogen-bond acceptors (Lipinski definition) is 5. The molecule has 0 fully saturated rings. The molecule has 0 saturated heterocycles. The molecule has 1 rings (SSSR count). The normalized spacial score (nSPS) is 11.3. The van der Waals surface area contributed by atoms with Gasteiger partial charge in [-0.15, -0.1) is 0 Å². The van der Waals surface area contributed by atoms with Gasteiger partial charge in [0.1, 0.15) is 11.3 Å². The molecule has 0 radical (unpaired) electrons. The molecule has 0 heterocycles. The molecule has 7 heteroatoms. The summed E-state index contributed by atoms with van der Waals surface area (Å²) in [5.74, 6) is -0.861. The van der Waals surface area contributed by atoms with Crippen LogP contribution in [0.3, 0.4) is 0 Å². The Balaban J connectivity index is 2.97. The molecule has 1 amide bonds. The van der Waals surface area contributed by atoms with Crippen LogP contribution in [0.1, 0.15) is 10.4 Å². The van der Waals surface area contributed by atoms with Crippen molar-refractivity contribution in [2.24, 2.45) is 0 Å². The molecule has 0 aliphatic carbocycles. The first-order valence-corrected chi connectivity index (χ1v) is 5.49. The molecule has 18 heavy (non-hydrogen) atoms. The number of hydrogen-bond donors (Lipinski definition) is 5. The Morgan fingerprint density at radius 3 is 2.28 bits per heavy atom. The Morgan fingerprint density at radius 2 is 1.78 bits per heavy atom. The summed E-state index contributed by atoms with van der Waals surface area (Å²) in [5, 5.41) is 38.9. The minimum atomic E-state index is -1.54. The number of aromatic hydroxyl groups is 1. The van der Waals surface area contributed by atoms with Crippen LogP contribution in [0, 0.1) is 0 Å². The van der Waals surface area contributed by atoms with Gasteiger partial charge in [-0.05, 0) is 18.2 Å². The molecular formula is C11H14ClNO5. The Bertz CT molecular complexity index is 425. The van der Waals surface area contributed by atoms with Crippen LogP contribution in [0.25, 0.3) is 0 Å². The van der Waals surface area contributed by atoms with Crippen LogP contribution in [0.4, 0.5) is 0 Å². The van der Waals surface area contributed by atoms with E-state index in [4.69, 9.17) is 26.9 Å². The second-order valence-electron chi connectivity index (χ2n) is 3.87. The first kappa shape index (κ1) is 14.7. The largest absolute Gasteiger partial charge is 0.508 e. The van der Waals surface area contributed by atoms with Gasteiger partial charge in [-0.25, -0.2) is 0 Å². The fourth-order valence-corrected chi connectivity index (χ4v) is 1.47. The molecule has 5 N–H and O–H groups in total. The summed E-state index contributed by atoms with van der Waals surface area (Å²) in [5.41, 5.74) is -1.55. The van der Waals surface area contributed by atoms with Crippen molar-refractivity contribution in [3.05, 3.63) is 28.8 Å². The number of carbonyl (C=O) groups is 1. The highest BCUT2D eigenvalue weighted by Crippen LogP contribution is 2.21.